The van der Waals surface area contributed by atoms with Crippen LogP contribution in [0.4, 0.5) is 5.82 Å². The zero-order valence-corrected chi connectivity index (χ0v) is 15.0. The topological polar surface area (TPSA) is 64.1 Å². The van der Waals surface area contributed by atoms with Gasteiger partial charge in [-0.15, -0.1) is 0 Å². The van der Waals surface area contributed by atoms with Crippen molar-refractivity contribution >= 4 is 35.0 Å². The van der Waals surface area contributed by atoms with Crippen molar-refractivity contribution < 1.29 is 9.53 Å². The Bertz CT molecular complexity index is 963. The van der Waals surface area contributed by atoms with E-state index in [0.717, 1.165) is 11.1 Å². The highest BCUT2D eigenvalue weighted by atomic mass is 35.5. The van der Waals surface area contributed by atoms with E-state index < -0.39 is 5.97 Å². The molecule has 0 saturated heterocycles. The minimum Gasteiger partial charge on any atom is -0.456 e. The van der Waals surface area contributed by atoms with E-state index in [4.69, 9.17) is 27.9 Å². The van der Waals surface area contributed by atoms with Gasteiger partial charge in [0.15, 0.2) is 5.69 Å². The van der Waals surface area contributed by atoms with Crippen LogP contribution in [0.5, 0.6) is 0 Å². The Morgan fingerprint density at radius 3 is 2.38 bits per heavy atom. The molecule has 0 bridgehead atoms. The van der Waals surface area contributed by atoms with Gasteiger partial charge in [-0.2, -0.15) is 0 Å². The molecule has 2 heterocycles. The Hall–Kier alpha value is -2.63. The van der Waals surface area contributed by atoms with E-state index in [-0.39, 0.29) is 23.6 Å². The molecule has 26 heavy (non-hydrogen) atoms. The number of esters is 1. The number of rotatable bonds is 4. The fourth-order valence-electron chi connectivity index (χ4n) is 2.88. The molecular formula is C19H13Cl2N3O2. The Morgan fingerprint density at radius 2 is 1.65 bits per heavy atom. The zero-order valence-electron chi connectivity index (χ0n) is 13.4. The molecule has 1 aliphatic rings. The first kappa shape index (κ1) is 16.8. The maximum Gasteiger partial charge on any atom is 0.357 e. The van der Waals surface area contributed by atoms with Crippen molar-refractivity contribution in [1.29, 1.82) is 0 Å². The van der Waals surface area contributed by atoms with Gasteiger partial charge in [0, 0.05) is 5.02 Å². The summed E-state index contributed by atoms with van der Waals surface area (Å²) >= 11 is 12.0. The van der Waals surface area contributed by atoms with Crippen LogP contribution in [0.15, 0.2) is 54.6 Å². The SMILES string of the molecule is O=C1OCc2c(NC(c3ccccc3)c3ccc(Cl)cc3)nc(Cl)nc21. The summed E-state index contributed by atoms with van der Waals surface area (Å²) < 4.78 is 5.07. The second kappa shape index (κ2) is 6.94. The van der Waals surface area contributed by atoms with Crippen LogP contribution in [-0.2, 0) is 11.3 Å². The summed E-state index contributed by atoms with van der Waals surface area (Å²) in [5.41, 5.74) is 2.84. The summed E-state index contributed by atoms with van der Waals surface area (Å²) in [6, 6.07) is 17.2. The molecule has 0 fully saturated rings. The van der Waals surface area contributed by atoms with Crippen molar-refractivity contribution in [2.24, 2.45) is 0 Å². The number of nitrogens with one attached hydrogen (secondary N) is 1. The van der Waals surface area contributed by atoms with Gasteiger partial charge in [-0.05, 0) is 34.9 Å². The number of benzene rings is 2. The second-order valence-electron chi connectivity index (χ2n) is 5.78. The molecule has 1 atom stereocenters. The zero-order chi connectivity index (χ0) is 18.1. The van der Waals surface area contributed by atoms with Gasteiger partial charge in [0.25, 0.3) is 0 Å². The molecule has 0 saturated carbocycles. The van der Waals surface area contributed by atoms with Crippen molar-refractivity contribution in [3.8, 4) is 0 Å². The standard InChI is InChI=1S/C19H13Cl2N3O2/c20-13-8-6-12(7-9-13)15(11-4-2-1-3-5-11)22-17-14-10-26-18(25)16(14)23-19(21)24-17/h1-9,15H,10H2,(H,22,23,24). The monoisotopic (exact) mass is 385 g/mol. The molecular weight excluding hydrogens is 373 g/mol. The Balaban J connectivity index is 1.78. The number of carbonyl (C=O) groups excluding carboxylic acids is 1. The van der Waals surface area contributed by atoms with Crippen LogP contribution >= 0.6 is 23.2 Å². The smallest absolute Gasteiger partial charge is 0.357 e. The lowest BCUT2D eigenvalue weighted by Crippen LogP contribution is -2.15. The molecule has 0 amide bonds. The minimum atomic E-state index is -0.491. The lowest BCUT2D eigenvalue weighted by molar-refractivity contribution is 0.0531. The highest BCUT2D eigenvalue weighted by molar-refractivity contribution is 6.30. The molecule has 5 nitrogen and oxygen atoms in total. The molecule has 1 N–H and O–H groups in total. The third-order valence-corrected chi connectivity index (χ3v) is 4.56. The highest BCUT2D eigenvalue weighted by Crippen LogP contribution is 2.32. The average Bonchev–Trinajstić information content (AvgIpc) is 3.02. The van der Waals surface area contributed by atoms with Gasteiger partial charge in [0.05, 0.1) is 11.6 Å². The molecule has 1 aliphatic heterocycles. The maximum absolute atomic E-state index is 11.8. The lowest BCUT2D eigenvalue weighted by Gasteiger charge is -2.21. The summed E-state index contributed by atoms with van der Waals surface area (Å²) in [5.74, 6) is -0.00948. The molecule has 7 heteroatoms. The lowest BCUT2D eigenvalue weighted by atomic mass is 9.98. The molecule has 0 spiro atoms. The van der Waals surface area contributed by atoms with E-state index in [0.29, 0.717) is 16.4 Å². The molecule has 4 rings (SSSR count). The summed E-state index contributed by atoms with van der Waals surface area (Å²) in [6.45, 7) is 0.121. The number of aromatic nitrogens is 2. The number of nitrogens with zero attached hydrogens (tertiary/aromatic N) is 2. The Morgan fingerprint density at radius 1 is 0.962 bits per heavy atom. The van der Waals surface area contributed by atoms with E-state index in [1.807, 2.05) is 54.6 Å². The minimum absolute atomic E-state index is 0.00646. The van der Waals surface area contributed by atoms with Gasteiger partial charge in [0.1, 0.15) is 12.4 Å². The van der Waals surface area contributed by atoms with Crippen LogP contribution in [0.25, 0.3) is 0 Å². The van der Waals surface area contributed by atoms with Crippen LogP contribution in [0, 0.1) is 0 Å². The molecule has 1 unspecified atom stereocenters. The maximum atomic E-state index is 11.8. The number of halogens is 2. The first-order valence-corrected chi connectivity index (χ1v) is 8.68. The third kappa shape index (κ3) is 3.23. The van der Waals surface area contributed by atoms with Crippen LogP contribution in [-0.4, -0.2) is 15.9 Å². The molecule has 0 aliphatic carbocycles. The van der Waals surface area contributed by atoms with Gasteiger partial charge >= 0.3 is 5.97 Å². The third-order valence-electron chi connectivity index (χ3n) is 4.14. The fraction of sp³-hybridized carbons (Fsp3) is 0.105. The second-order valence-corrected chi connectivity index (χ2v) is 6.56. The van der Waals surface area contributed by atoms with E-state index in [9.17, 15) is 4.79 Å². The molecule has 3 aromatic rings. The highest BCUT2D eigenvalue weighted by Gasteiger charge is 2.29. The number of carbonyl (C=O) groups is 1. The van der Waals surface area contributed by atoms with E-state index in [2.05, 4.69) is 15.3 Å². The number of cyclic esters (lactones) is 1. The van der Waals surface area contributed by atoms with Gasteiger partial charge < -0.3 is 10.1 Å². The Labute approximate surface area is 160 Å². The van der Waals surface area contributed by atoms with E-state index >= 15 is 0 Å². The van der Waals surface area contributed by atoms with Crippen molar-refractivity contribution in [3.63, 3.8) is 0 Å². The van der Waals surface area contributed by atoms with Crippen molar-refractivity contribution in [2.45, 2.75) is 12.6 Å². The number of fused-ring (bicyclic) bond motifs is 1. The largest absolute Gasteiger partial charge is 0.456 e. The predicted molar refractivity (Wildman–Crippen MR) is 99.5 cm³/mol. The van der Waals surface area contributed by atoms with Crippen molar-refractivity contribution in [1.82, 2.24) is 9.97 Å². The van der Waals surface area contributed by atoms with Gasteiger partial charge in [-0.3, -0.25) is 0 Å². The summed E-state index contributed by atoms with van der Waals surface area (Å²) in [7, 11) is 0. The van der Waals surface area contributed by atoms with Gasteiger partial charge in [0.2, 0.25) is 5.28 Å². The van der Waals surface area contributed by atoms with Crippen molar-refractivity contribution in [3.05, 3.63) is 87.3 Å². The molecule has 1 aromatic heterocycles. The number of hydrogen-bond donors (Lipinski definition) is 1. The first-order chi connectivity index (χ1) is 12.6. The predicted octanol–water partition coefficient (Wildman–Crippen LogP) is 4.66. The summed E-state index contributed by atoms with van der Waals surface area (Å²) in [6.07, 6.45) is 0. The fourth-order valence-corrected chi connectivity index (χ4v) is 3.18. The van der Waals surface area contributed by atoms with Gasteiger partial charge in [-0.25, -0.2) is 14.8 Å². The van der Waals surface area contributed by atoms with Crippen LogP contribution in [0.3, 0.4) is 0 Å². The molecule has 0 radical (unpaired) electrons. The number of anilines is 1. The first-order valence-electron chi connectivity index (χ1n) is 7.92. The quantitative estimate of drug-likeness (QED) is 0.522. The number of hydrogen-bond acceptors (Lipinski definition) is 5. The normalized spacial score (nSPS) is 13.8. The Kier molecular flexibility index (Phi) is 4.49. The van der Waals surface area contributed by atoms with Crippen LogP contribution in [0.2, 0.25) is 10.3 Å². The van der Waals surface area contributed by atoms with Crippen molar-refractivity contribution in [2.75, 3.05) is 5.32 Å². The van der Waals surface area contributed by atoms with E-state index in [1.54, 1.807) is 0 Å². The van der Waals surface area contributed by atoms with Gasteiger partial charge in [-0.1, -0.05) is 54.1 Å². The van der Waals surface area contributed by atoms with Crippen LogP contribution in [0.1, 0.15) is 33.2 Å². The molecule has 130 valence electrons. The summed E-state index contributed by atoms with van der Waals surface area (Å²) in [5, 5.41) is 4.03. The molecule has 2 aromatic carbocycles. The number of ether oxygens (including phenoxy) is 1. The average molecular weight is 386 g/mol. The van der Waals surface area contributed by atoms with E-state index in [1.165, 1.54) is 0 Å². The van der Waals surface area contributed by atoms with Crippen LogP contribution < -0.4 is 5.32 Å². The summed E-state index contributed by atoms with van der Waals surface area (Å²) in [4.78, 5) is 20.1.